The first-order valence-electron chi connectivity index (χ1n) is 9.02. The van der Waals surface area contributed by atoms with Crippen LogP contribution in [0.15, 0.2) is 52.4 Å². The topological polar surface area (TPSA) is 59.2 Å². The van der Waals surface area contributed by atoms with Crippen molar-refractivity contribution in [1.82, 2.24) is 15.0 Å². The van der Waals surface area contributed by atoms with E-state index in [9.17, 15) is 4.79 Å². The van der Waals surface area contributed by atoms with E-state index in [-0.39, 0.29) is 11.9 Å². The molecule has 2 aromatic heterocycles. The first-order chi connectivity index (χ1) is 12.8. The van der Waals surface area contributed by atoms with Gasteiger partial charge in [-0.05, 0) is 36.3 Å². The van der Waals surface area contributed by atoms with E-state index in [1.807, 2.05) is 40.6 Å². The Morgan fingerprint density at radius 3 is 2.92 bits per heavy atom. The molecule has 134 valence electrons. The number of hydrogen-bond donors (Lipinski definition) is 0. The van der Waals surface area contributed by atoms with E-state index < -0.39 is 0 Å². The van der Waals surface area contributed by atoms with Crippen molar-refractivity contribution in [2.45, 2.75) is 38.1 Å². The number of thiophene rings is 1. The molecule has 1 aliphatic rings. The fraction of sp³-hybridized carbons (Fsp3) is 0.350. The summed E-state index contributed by atoms with van der Waals surface area (Å²) in [6.45, 7) is 0.849. The molecule has 0 spiro atoms. The second-order valence-corrected chi connectivity index (χ2v) is 7.45. The summed E-state index contributed by atoms with van der Waals surface area (Å²) in [5, 5.41) is 6.00. The highest BCUT2D eigenvalue weighted by Crippen LogP contribution is 2.32. The Bertz CT molecular complexity index is 845. The van der Waals surface area contributed by atoms with Crippen molar-refractivity contribution in [2.24, 2.45) is 0 Å². The third-order valence-electron chi connectivity index (χ3n) is 4.75. The van der Waals surface area contributed by atoms with Crippen LogP contribution < -0.4 is 0 Å². The minimum Gasteiger partial charge on any atom is -0.339 e. The van der Waals surface area contributed by atoms with Gasteiger partial charge >= 0.3 is 0 Å². The zero-order valence-electron chi connectivity index (χ0n) is 14.5. The van der Waals surface area contributed by atoms with Crippen molar-refractivity contribution >= 4 is 17.2 Å². The third-order valence-corrected chi connectivity index (χ3v) is 5.61. The quantitative estimate of drug-likeness (QED) is 0.644. The van der Waals surface area contributed by atoms with Crippen molar-refractivity contribution in [2.75, 3.05) is 6.54 Å². The number of amides is 1. The molecule has 1 amide bonds. The minimum absolute atomic E-state index is 0.217. The average Bonchev–Trinajstić information content (AvgIpc) is 3.42. The van der Waals surface area contributed by atoms with Crippen LogP contribution >= 0.6 is 11.3 Å². The number of benzene rings is 1. The van der Waals surface area contributed by atoms with Gasteiger partial charge in [0.1, 0.15) is 0 Å². The maximum atomic E-state index is 12.7. The summed E-state index contributed by atoms with van der Waals surface area (Å²) in [5.41, 5.74) is 1.23. The Kier molecular flexibility index (Phi) is 5.11. The summed E-state index contributed by atoms with van der Waals surface area (Å²) < 4.78 is 5.31. The number of rotatable bonds is 6. The zero-order valence-corrected chi connectivity index (χ0v) is 15.3. The Labute approximate surface area is 156 Å². The van der Waals surface area contributed by atoms with Crippen LogP contribution in [0.25, 0.3) is 10.7 Å². The van der Waals surface area contributed by atoms with E-state index in [0.717, 1.165) is 30.7 Å². The van der Waals surface area contributed by atoms with Gasteiger partial charge in [0.25, 0.3) is 0 Å². The first-order valence-corrected chi connectivity index (χ1v) is 9.90. The number of carbonyl (C=O) groups is 1. The number of likely N-dealkylation sites (tertiary alicyclic amines) is 1. The molecule has 0 aliphatic carbocycles. The lowest BCUT2D eigenvalue weighted by atomic mass is 10.0. The maximum Gasteiger partial charge on any atom is 0.226 e. The Balaban J connectivity index is 1.31. The molecule has 1 unspecified atom stereocenters. The largest absolute Gasteiger partial charge is 0.339 e. The molecule has 1 saturated heterocycles. The third kappa shape index (κ3) is 3.70. The molecule has 0 N–H and O–H groups in total. The standard InChI is InChI=1S/C20H21N3O2S/c24-19(23-13-5-9-16(23)15-7-2-1-3-8-15)12-4-11-18-21-20(22-25-18)17-10-6-14-26-17/h1-3,6-8,10,14,16H,4-5,9,11-13H2. The fourth-order valence-electron chi connectivity index (χ4n) is 3.48. The van der Waals surface area contributed by atoms with Crippen LogP contribution in [-0.4, -0.2) is 27.5 Å². The molecule has 3 heterocycles. The SMILES string of the molecule is O=C(CCCc1nc(-c2cccs2)no1)N1CCCC1c1ccccc1. The summed E-state index contributed by atoms with van der Waals surface area (Å²) in [6, 6.07) is 14.5. The Hall–Kier alpha value is -2.47. The number of hydrogen-bond acceptors (Lipinski definition) is 5. The first kappa shape index (κ1) is 17.0. The van der Waals surface area contributed by atoms with Gasteiger partial charge in [-0.1, -0.05) is 41.6 Å². The lowest BCUT2D eigenvalue weighted by Crippen LogP contribution is -2.30. The van der Waals surface area contributed by atoms with Crippen molar-refractivity contribution in [3.8, 4) is 10.7 Å². The van der Waals surface area contributed by atoms with Crippen LogP contribution in [0.1, 0.15) is 43.2 Å². The van der Waals surface area contributed by atoms with Gasteiger partial charge in [-0.3, -0.25) is 4.79 Å². The Morgan fingerprint density at radius 1 is 1.23 bits per heavy atom. The molecule has 4 rings (SSSR count). The van der Waals surface area contributed by atoms with Crippen LogP contribution in [0, 0.1) is 0 Å². The summed E-state index contributed by atoms with van der Waals surface area (Å²) in [4.78, 5) is 20.1. The number of carbonyl (C=O) groups excluding carboxylic acids is 1. The Morgan fingerprint density at radius 2 is 2.12 bits per heavy atom. The van der Waals surface area contributed by atoms with E-state index >= 15 is 0 Å². The predicted octanol–water partition coefficient (Wildman–Crippen LogP) is 4.48. The average molecular weight is 367 g/mol. The van der Waals surface area contributed by atoms with Crippen LogP contribution in [0.5, 0.6) is 0 Å². The van der Waals surface area contributed by atoms with Crippen molar-refractivity contribution < 1.29 is 9.32 Å². The molecule has 1 atom stereocenters. The zero-order chi connectivity index (χ0) is 17.8. The van der Waals surface area contributed by atoms with E-state index in [1.165, 1.54) is 5.56 Å². The summed E-state index contributed by atoms with van der Waals surface area (Å²) >= 11 is 1.59. The van der Waals surface area contributed by atoms with Gasteiger partial charge in [0.15, 0.2) is 0 Å². The number of aryl methyl sites for hydroxylation is 1. The fourth-order valence-corrected chi connectivity index (χ4v) is 4.13. The predicted molar refractivity (Wildman–Crippen MR) is 101 cm³/mol. The molecule has 3 aromatic rings. The molecule has 1 fully saturated rings. The van der Waals surface area contributed by atoms with Gasteiger partial charge in [-0.2, -0.15) is 4.98 Å². The monoisotopic (exact) mass is 367 g/mol. The van der Waals surface area contributed by atoms with Gasteiger partial charge < -0.3 is 9.42 Å². The minimum atomic E-state index is 0.217. The molecule has 0 bridgehead atoms. The van der Waals surface area contributed by atoms with Crippen LogP contribution in [0.4, 0.5) is 0 Å². The van der Waals surface area contributed by atoms with Gasteiger partial charge in [0, 0.05) is 19.4 Å². The van der Waals surface area contributed by atoms with Crippen LogP contribution in [-0.2, 0) is 11.2 Å². The summed E-state index contributed by atoms with van der Waals surface area (Å²) in [7, 11) is 0. The van der Waals surface area contributed by atoms with Gasteiger partial charge in [-0.25, -0.2) is 0 Å². The molecule has 0 saturated carbocycles. The van der Waals surface area contributed by atoms with E-state index in [4.69, 9.17) is 4.52 Å². The molecule has 1 aromatic carbocycles. The molecule has 26 heavy (non-hydrogen) atoms. The highest BCUT2D eigenvalue weighted by Gasteiger charge is 2.29. The normalized spacial score (nSPS) is 16.9. The number of aromatic nitrogens is 2. The second-order valence-electron chi connectivity index (χ2n) is 6.50. The highest BCUT2D eigenvalue weighted by molar-refractivity contribution is 7.13. The lowest BCUT2D eigenvalue weighted by molar-refractivity contribution is -0.132. The molecule has 1 aliphatic heterocycles. The summed E-state index contributed by atoms with van der Waals surface area (Å²) in [6.07, 6.45) is 3.99. The molecule has 6 heteroatoms. The van der Waals surface area contributed by atoms with E-state index in [1.54, 1.807) is 11.3 Å². The van der Waals surface area contributed by atoms with Gasteiger partial charge in [0.05, 0.1) is 10.9 Å². The molecule has 5 nitrogen and oxygen atoms in total. The van der Waals surface area contributed by atoms with Crippen molar-refractivity contribution in [3.63, 3.8) is 0 Å². The van der Waals surface area contributed by atoms with E-state index in [2.05, 4.69) is 22.3 Å². The highest BCUT2D eigenvalue weighted by atomic mass is 32.1. The lowest BCUT2D eigenvalue weighted by Gasteiger charge is -2.25. The molecular weight excluding hydrogens is 346 g/mol. The molecular formula is C20H21N3O2S. The van der Waals surface area contributed by atoms with Crippen LogP contribution in [0.3, 0.4) is 0 Å². The van der Waals surface area contributed by atoms with Crippen molar-refractivity contribution in [3.05, 3.63) is 59.3 Å². The second kappa shape index (κ2) is 7.83. The smallest absolute Gasteiger partial charge is 0.226 e. The van der Waals surface area contributed by atoms with Crippen LogP contribution in [0.2, 0.25) is 0 Å². The van der Waals surface area contributed by atoms with Gasteiger partial charge in [-0.15, -0.1) is 11.3 Å². The van der Waals surface area contributed by atoms with Crippen molar-refractivity contribution in [1.29, 1.82) is 0 Å². The van der Waals surface area contributed by atoms with E-state index in [0.29, 0.717) is 24.6 Å². The number of nitrogens with zero attached hydrogens (tertiary/aromatic N) is 3. The maximum absolute atomic E-state index is 12.7. The van der Waals surface area contributed by atoms with Gasteiger partial charge in [0.2, 0.25) is 17.6 Å². The molecule has 0 radical (unpaired) electrons. The summed E-state index contributed by atoms with van der Waals surface area (Å²) in [5.74, 6) is 1.45.